The molecule has 0 radical (unpaired) electrons. The number of carbonyl (C=O) groups is 2. The summed E-state index contributed by atoms with van der Waals surface area (Å²) in [4.78, 5) is 25.6. The Bertz CT molecular complexity index is 830. The fourth-order valence-corrected chi connectivity index (χ4v) is 3.28. The molecule has 0 spiro atoms. The van der Waals surface area contributed by atoms with Gasteiger partial charge in [-0.2, -0.15) is 0 Å². The van der Waals surface area contributed by atoms with Crippen LogP contribution in [0.2, 0.25) is 0 Å². The second-order valence-corrected chi connectivity index (χ2v) is 6.40. The molecule has 0 heterocycles. The molecule has 1 saturated carbocycles. The minimum Gasteiger partial charge on any atom is -0.496 e. The van der Waals surface area contributed by atoms with Crippen molar-refractivity contribution in [2.24, 2.45) is 5.92 Å². The Hall–Kier alpha value is -2.82. The van der Waals surface area contributed by atoms with Gasteiger partial charge in [0.05, 0.1) is 18.4 Å². The number of hydrogen-bond donors (Lipinski definition) is 1. The lowest BCUT2D eigenvalue weighted by molar-refractivity contribution is -0.119. The van der Waals surface area contributed by atoms with Gasteiger partial charge in [-0.05, 0) is 48.6 Å². The van der Waals surface area contributed by atoms with Crippen molar-refractivity contribution in [3.63, 3.8) is 0 Å². The molecule has 2 aromatic rings. The predicted molar refractivity (Wildman–Crippen MR) is 95.4 cm³/mol. The van der Waals surface area contributed by atoms with E-state index in [-0.39, 0.29) is 23.3 Å². The van der Waals surface area contributed by atoms with Crippen molar-refractivity contribution >= 4 is 17.6 Å². The number of carboxylic acids is 1. The summed E-state index contributed by atoms with van der Waals surface area (Å²) < 4.78 is 5.28. The third kappa shape index (κ3) is 3.22. The zero-order valence-electron chi connectivity index (χ0n) is 14.5. The average Bonchev–Trinajstić information content (AvgIpc) is 3.41. The van der Waals surface area contributed by atoms with Crippen LogP contribution in [0.1, 0.15) is 33.8 Å². The van der Waals surface area contributed by atoms with Gasteiger partial charge in [-0.3, -0.25) is 4.79 Å². The number of methoxy groups -OCH3 is 1. The zero-order chi connectivity index (χ0) is 18.1. The van der Waals surface area contributed by atoms with E-state index in [9.17, 15) is 14.7 Å². The molecule has 2 unspecified atom stereocenters. The number of carbonyl (C=O) groups excluding carboxylic acids is 1. The smallest absolute Gasteiger partial charge is 0.337 e. The van der Waals surface area contributed by atoms with E-state index in [0.717, 1.165) is 23.3 Å². The molecule has 2 aromatic carbocycles. The van der Waals surface area contributed by atoms with Crippen LogP contribution in [0.3, 0.4) is 0 Å². The number of benzene rings is 2. The van der Waals surface area contributed by atoms with Crippen molar-refractivity contribution in [3.8, 4) is 5.75 Å². The maximum Gasteiger partial charge on any atom is 0.337 e. The van der Waals surface area contributed by atoms with E-state index in [1.54, 1.807) is 32.4 Å². The quantitative estimate of drug-likeness (QED) is 0.906. The molecular formula is C20H21NO4. The van der Waals surface area contributed by atoms with Crippen molar-refractivity contribution < 1.29 is 19.4 Å². The Morgan fingerprint density at radius 2 is 1.92 bits per heavy atom. The molecule has 3 rings (SSSR count). The maximum absolute atomic E-state index is 12.8. The van der Waals surface area contributed by atoms with Crippen LogP contribution >= 0.6 is 0 Å². The zero-order valence-corrected chi connectivity index (χ0v) is 14.5. The van der Waals surface area contributed by atoms with Gasteiger partial charge < -0.3 is 14.7 Å². The second kappa shape index (κ2) is 6.59. The Morgan fingerprint density at radius 3 is 2.56 bits per heavy atom. The molecule has 1 fully saturated rings. The van der Waals surface area contributed by atoms with Gasteiger partial charge in [-0.25, -0.2) is 4.79 Å². The number of amides is 1. The lowest BCUT2D eigenvalue weighted by Crippen LogP contribution is -2.29. The third-order valence-corrected chi connectivity index (χ3v) is 4.78. The fraction of sp³-hybridized carbons (Fsp3) is 0.300. The summed E-state index contributed by atoms with van der Waals surface area (Å²) in [6, 6.07) is 12.5. The molecule has 0 aliphatic heterocycles. The highest BCUT2D eigenvalue weighted by molar-refractivity contribution is 6.03. The molecule has 1 N–H and O–H groups in total. The number of rotatable bonds is 5. The normalized spacial score (nSPS) is 18.5. The number of aromatic carboxylic acids is 1. The molecule has 1 amide bonds. The fourth-order valence-electron chi connectivity index (χ4n) is 3.28. The Balaban J connectivity index is 1.77. The molecular weight excluding hydrogens is 318 g/mol. The lowest BCUT2D eigenvalue weighted by Gasteiger charge is -2.19. The number of para-hydroxylation sites is 1. The molecule has 0 aromatic heterocycles. The predicted octanol–water partition coefficient (Wildman–Crippen LogP) is 3.47. The van der Waals surface area contributed by atoms with Crippen LogP contribution in [0.25, 0.3) is 0 Å². The van der Waals surface area contributed by atoms with Crippen LogP contribution in [0, 0.1) is 12.8 Å². The van der Waals surface area contributed by atoms with Crippen LogP contribution in [0.15, 0.2) is 42.5 Å². The van der Waals surface area contributed by atoms with Crippen LogP contribution in [0.4, 0.5) is 5.69 Å². The number of ether oxygens (including phenoxy) is 1. The first kappa shape index (κ1) is 17.0. The molecule has 1 aliphatic carbocycles. The van der Waals surface area contributed by atoms with Crippen LogP contribution in [0.5, 0.6) is 5.75 Å². The first-order valence-corrected chi connectivity index (χ1v) is 8.18. The summed E-state index contributed by atoms with van der Waals surface area (Å²) in [5, 5.41) is 9.31. The van der Waals surface area contributed by atoms with Crippen LogP contribution in [-0.4, -0.2) is 31.1 Å². The van der Waals surface area contributed by atoms with Crippen molar-refractivity contribution in [1.29, 1.82) is 0 Å². The summed E-state index contributed by atoms with van der Waals surface area (Å²) >= 11 is 0. The molecule has 0 saturated heterocycles. The van der Waals surface area contributed by atoms with Gasteiger partial charge in [0.1, 0.15) is 5.75 Å². The van der Waals surface area contributed by atoms with Gasteiger partial charge in [-0.15, -0.1) is 0 Å². The first-order valence-electron chi connectivity index (χ1n) is 8.18. The van der Waals surface area contributed by atoms with Gasteiger partial charge in [0.2, 0.25) is 5.91 Å². The molecule has 5 heteroatoms. The third-order valence-electron chi connectivity index (χ3n) is 4.78. The maximum atomic E-state index is 12.8. The molecule has 130 valence electrons. The van der Waals surface area contributed by atoms with E-state index >= 15 is 0 Å². The van der Waals surface area contributed by atoms with Crippen molar-refractivity contribution in [2.45, 2.75) is 19.3 Å². The van der Waals surface area contributed by atoms with Crippen molar-refractivity contribution in [3.05, 3.63) is 59.2 Å². The topological polar surface area (TPSA) is 66.8 Å². The summed E-state index contributed by atoms with van der Waals surface area (Å²) in [7, 11) is 3.28. The van der Waals surface area contributed by atoms with Crippen molar-refractivity contribution in [1.82, 2.24) is 0 Å². The molecule has 0 bridgehead atoms. The number of nitrogens with zero attached hydrogens (tertiary/aromatic N) is 1. The van der Waals surface area contributed by atoms with Gasteiger partial charge in [0.25, 0.3) is 0 Å². The number of carboxylic acid groups (broad SMARTS) is 1. The van der Waals surface area contributed by atoms with Gasteiger partial charge in [0, 0.05) is 13.0 Å². The standard InChI is InChI=1S/C20H21NO4/c1-12-10-13(8-9-18(12)25-3)15-11-16(15)19(22)21(2)17-7-5-4-6-14(17)20(23)24/h4-10,15-16H,11H2,1-3H3,(H,23,24). The SMILES string of the molecule is COc1ccc(C2CC2C(=O)N(C)c2ccccc2C(=O)O)cc1C. The first-order chi connectivity index (χ1) is 11.9. The molecule has 1 aliphatic rings. The van der Waals surface area contributed by atoms with E-state index in [1.165, 1.54) is 11.0 Å². The summed E-state index contributed by atoms with van der Waals surface area (Å²) in [5.74, 6) is -0.184. The minimum atomic E-state index is -1.03. The number of hydrogen-bond acceptors (Lipinski definition) is 3. The Morgan fingerprint density at radius 1 is 1.20 bits per heavy atom. The highest BCUT2D eigenvalue weighted by Crippen LogP contribution is 2.49. The average molecular weight is 339 g/mol. The van der Waals surface area contributed by atoms with E-state index in [1.807, 2.05) is 19.1 Å². The van der Waals surface area contributed by atoms with Gasteiger partial charge in [-0.1, -0.05) is 24.3 Å². The molecule has 2 atom stereocenters. The minimum absolute atomic E-state index is 0.0489. The highest BCUT2D eigenvalue weighted by atomic mass is 16.5. The summed E-state index contributed by atoms with van der Waals surface area (Å²) in [6.07, 6.45) is 0.782. The number of anilines is 1. The summed E-state index contributed by atoms with van der Waals surface area (Å²) in [6.45, 7) is 1.98. The largest absolute Gasteiger partial charge is 0.496 e. The van der Waals surface area contributed by atoms with E-state index in [2.05, 4.69) is 6.07 Å². The lowest BCUT2D eigenvalue weighted by atomic mass is 10.0. The monoisotopic (exact) mass is 339 g/mol. The Labute approximate surface area is 146 Å². The number of aryl methyl sites for hydroxylation is 1. The van der Waals surface area contributed by atoms with E-state index < -0.39 is 5.97 Å². The summed E-state index contributed by atoms with van der Waals surface area (Å²) in [5.41, 5.74) is 2.73. The van der Waals surface area contributed by atoms with E-state index in [0.29, 0.717) is 5.69 Å². The van der Waals surface area contributed by atoms with Gasteiger partial charge >= 0.3 is 5.97 Å². The van der Waals surface area contributed by atoms with Crippen molar-refractivity contribution in [2.75, 3.05) is 19.1 Å². The molecule has 5 nitrogen and oxygen atoms in total. The van der Waals surface area contributed by atoms with Gasteiger partial charge in [0.15, 0.2) is 0 Å². The Kier molecular flexibility index (Phi) is 4.49. The molecule has 25 heavy (non-hydrogen) atoms. The van der Waals surface area contributed by atoms with E-state index in [4.69, 9.17) is 4.74 Å². The van der Waals surface area contributed by atoms with Crippen LogP contribution in [-0.2, 0) is 4.79 Å². The van der Waals surface area contributed by atoms with Crippen LogP contribution < -0.4 is 9.64 Å². The second-order valence-electron chi connectivity index (χ2n) is 6.40. The highest BCUT2D eigenvalue weighted by Gasteiger charge is 2.45.